The van der Waals surface area contributed by atoms with Crippen molar-refractivity contribution in [3.63, 3.8) is 0 Å². The highest BCUT2D eigenvalue weighted by Gasteiger charge is 2.07. The lowest BCUT2D eigenvalue weighted by atomic mass is 10.2. The highest BCUT2D eigenvalue weighted by atomic mass is 19.1. The molecular weight excluding hydrogens is 205 g/mol. The summed E-state index contributed by atoms with van der Waals surface area (Å²) in [6, 6.07) is 5.00. The Bertz CT molecular complexity index is 371. The van der Waals surface area contributed by atoms with Crippen LogP contribution < -0.4 is 10.5 Å². The van der Waals surface area contributed by atoms with Gasteiger partial charge in [0.15, 0.2) is 11.6 Å². The summed E-state index contributed by atoms with van der Waals surface area (Å²) < 4.78 is 18.9. The minimum absolute atomic E-state index is 0.181. The van der Waals surface area contributed by atoms with E-state index in [1.165, 1.54) is 0 Å². The molecule has 3 heteroatoms. The minimum Gasteiger partial charge on any atom is -0.491 e. The lowest BCUT2D eigenvalue weighted by Crippen LogP contribution is -2.04. The van der Waals surface area contributed by atoms with Crippen LogP contribution in [0.4, 0.5) is 4.39 Å². The third-order valence-corrected chi connectivity index (χ3v) is 2.24. The predicted octanol–water partition coefficient (Wildman–Crippen LogP) is 2.47. The smallest absolute Gasteiger partial charge is 0.169 e. The van der Waals surface area contributed by atoms with Crippen molar-refractivity contribution in [1.82, 2.24) is 0 Å². The molecule has 0 aliphatic heterocycles. The molecule has 16 heavy (non-hydrogen) atoms. The van der Waals surface area contributed by atoms with Crippen molar-refractivity contribution in [1.29, 1.82) is 0 Å². The van der Waals surface area contributed by atoms with E-state index < -0.39 is 0 Å². The van der Waals surface area contributed by atoms with Gasteiger partial charge in [-0.15, -0.1) is 12.3 Å². The van der Waals surface area contributed by atoms with Crippen LogP contribution in [0.1, 0.15) is 24.8 Å². The molecule has 0 aliphatic carbocycles. The van der Waals surface area contributed by atoms with E-state index in [2.05, 4.69) is 5.92 Å². The second kappa shape index (κ2) is 6.86. The molecule has 1 aromatic carbocycles. The highest BCUT2D eigenvalue weighted by molar-refractivity contribution is 5.30. The Balaban J connectivity index is 2.45. The molecule has 0 heterocycles. The van der Waals surface area contributed by atoms with Gasteiger partial charge in [-0.25, -0.2) is 4.39 Å². The van der Waals surface area contributed by atoms with Gasteiger partial charge < -0.3 is 10.5 Å². The summed E-state index contributed by atoms with van der Waals surface area (Å²) in [7, 11) is 0. The van der Waals surface area contributed by atoms with Crippen LogP contribution in [0.2, 0.25) is 0 Å². The first-order valence-electron chi connectivity index (χ1n) is 5.33. The van der Waals surface area contributed by atoms with Crippen LogP contribution in [0, 0.1) is 18.2 Å². The van der Waals surface area contributed by atoms with Crippen LogP contribution >= 0.6 is 0 Å². The molecular formula is C13H16FNO. The van der Waals surface area contributed by atoms with E-state index in [4.69, 9.17) is 16.9 Å². The average molecular weight is 221 g/mol. The molecule has 2 N–H and O–H groups in total. The molecule has 0 atom stereocenters. The Kier molecular flexibility index (Phi) is 5.38. The van der Waals surface area contributed by atoms with Crippen molar-refractivity contribution >= 4 is 0 Å². The van der Waals surface area contributed by atoms with Crippen molar-refractivity contribution in [2.24, 2.45) is 5.73 Å². The van der Waals surface area contributed by atoms with Gasteiger partial charge in [0.2, 0.25) is 0 Å². The lowest BCUT2D eigenvalue weighted by molar-refractivity contribution is 0.292. The first-order chi connectivity index (χ1) is 7.79. The number of terminal acetylenes is 1. The summed E-state index contributed by atoms with van der Waals surface area (Å²) in [5, 5.41) is 0. The Morgan fingerprint density at radius 3 is 2.88 bits per heavy atom. The molecule has 0 saturated carbocycles. The zero-order chi connectivity index (χ0) is 11.8. The van der Waals surface area contributed by atoms with E-state index >= 15 is 0 Å². The molecule has 86 valence electrons. The second-order valence-corrected chi connectivity index (χ2v) is 3.44. The molecule has 0 fully saturated rings. The normalized spacial score (nSPS) is 9.81. The van der Waals surface area contributed by atoms with Crippen LogP contribution in [-0.2, 0) is 6.54 Å². The number of halogens is 1. The van der Waals surface area contributed by atoms with Crippen LogP contribution in [0.15, 0.2) is 18.2 Å². The number of ether oxygens (including phenoxy) is 1. The SMILES string of the molecule is C#CCCCCOc1cccc(CN)c1F. The molecule has 0 spiro atoms. The summed E-state index contributed by atoms with van der Waals surface area (Å²) in [6.07, 6.45) is 7.58. The van der Waals surface area contributed by atoms with Gasteiger partial charge >= 0.3 is 0 Å². The van der Waals surface area contributed by atoms with E-state index in [9.17, 15) is 4.39 Å². The number of rotatable bonds is 6. The van der Waals surface area contributed by atoms with Crippen molar-refractivity contribution in [3.8, 4) is 18.1 Å². The zero-order valence-corrected chi connectivity index (χ0v) is 9.21. The molecule has 0 aliphatic rings. The van der Waals surface area contributed by atoms with Crippen molar-refractivity contribution in [2.75, 3.05) is 6.61 Å². The predicted molar refractivity (Wildman–Crippen MR) is 62.5 cm³/mol. The number of benzene rings is 1. The van der Waals surface area contributed by atoms with E-state index in [1.54, 1.807) is 18.2 Å². The molecule has 0 saturated heterocycles. The van der Waals surface area contributed by atoms with E-state index in [1.807, 2.05) is 0 Å². The van der Waals surface area contributed by atoms with Gasteiger partial charge in [-0.05, 0) is 18.9 Å². The van der Waals surface area contributed by atoms with Crippen LogP contribution in [0.5, 0.6) is 5.75 Å². The third kappa shape index (κ3) is 3.56. The standard InChI is InChI=1S/C13H16FNO/c1-2-3-4-5-9-16-12-8-6-7-11(10-15)13(12)14/h1,6-8H,3-5,9-10,15H2. The molecule has 1 rings (SSSR count). The molecule has 0 amide bonds. The Morgan fingerprint density at radius 1 is 1.38 bits per heavy atom. The molecule has 2 nitrogen and oxygen atoms in total. The fourth-order valence-electron chi connectivity index (χ4n) is 1.34. The Labute approximate surface area is 95.6 Å². The van der Waals surface area contributed by atoms with Crippen molar-refractivity contribution < 1.29 is 9.13 Å². The van der Waals surface area contributed by atoms with Crippen molar-refractivity contribution in [3.05, 3.63) is 29.6 Å². The monoisotopic (exact) mass is 221 g/mol. The number of nitrogens with two attached hydrogens (primary N) is 1. The van der Waals surface area contributed by atoms with Crippen LogP contribution in [-0.4, -0.2) is 6.61 Å². The maximum absolute atomic E-state index is 13.6. The van der Waals surface area contributed by atoms with Crippen LogP contribution in [0.25, 0.3) is 0 Å². The summed E-state index contributed by atoms with van der Waals surface area (Å²) >= 11 is 0. The second-order valence-electron chi connectivity index (χ2n) is 3.44. The van der Waals surface area contributed by atoms with Gasteiger partial charge in [-0.1, -0.05) is 12.1 Å². The van der Waals surface area contributed by atoms with E-state index in [0.29, 0.717) is 12.2 Å². The molecule has 0 radical (unpaired) electrons. The topological polar surface area (TPSA) is 35.2 Å². The number of hydrogen-bond acceptors (Lipinski definition) is 2. The molecule has 0 unspecified atom stereocenters. The molecule has 1 aromatic rings. The van der Waals surface area contributed by atoms with Crippen molar-refractivity contribution in [2.45, 2.75) is 25.8 Å². The first-order valence-corrected chi connectivity index (χ1v) is 5.33. The average Bonchev–Trinajstić information content (AvgIpc) is 2.31. The third-order valence-electron chi connectivity index (χ3n) is 2.24. The largest absolute Gasteiger partial charge is 0.491 e. The quantitative estimate of drug-likeness (QED) is 0.591. The summed E-state index contributed by atoms with van der Waals surface area (Å²) in [5.74, 6) is 2.46. The number of hydrogen-bond donors (Lipinski definition) is 1. The Hall–Kier alpha value is -1.53. The fourth-order valence-corrected chi connectivity index (χ4v) is 1.34. The Morgan fingerprint density at radius 2 is 2.19 bits per heavy atom. The number of unbranched alkanes of at least 4 members (excludes halogenated alkanes) is 2. The molecule has 0 bridgehead atoms. The highest BCUT2D eigenvalue weighted by Crippen LogP contribution is 2.20. The molecule has 0 aromatic heterocycles. The summed E-state index contributed by atoms with van der Waals surface area (Å²) in [5.41, 5.74) is 5.87. The van der Waals surface area contributed by atoms with Gasteiger partial charge in [0, 0.05) is 18.5 Å². The van der Waals surface area contributed by atoms with Gasteiger partial charge in [-0.3, -0.25) is 0 Å². The van der Waals surface area contributed by atoms with E-state index in [0.717, 1.165) is 19.3 Å². The van der Waals surface area contributed by atoms with Gasteiger partial charge in [0.1, 0.15) is 0 Å². The van der Waals surface area contributed by atoms with Crippen LogP contribution in [0.3, 0.4) is 0 Å². The van der Waals surface area contributed by atoms with Gasteiger partial charge in [-0.2, -0.15) is 0 Å². The maximum atomic E-state index is 13.6. The summed E-state index contributed by atoms with van der Waals surface area (Å²) in [6.45, 7) is 0.659. The minimum atomic E-state index is -0.359. The summed E-state index contributed by atoms with van der Waals surface area (Å²) in [4.78, 5) is 0. The van der Waals surface area contributed by atoms with Gasteiger partial charge in [0.05, 0.1) is 6.61 Å². The maximum Gasteiger partial charge on any atom is 0.169 e. The van der Waals surface area contributed by atoms with E-state index in [-0.39, 0.29) is 18.1 Å². The lowest BCUT2D eigenvalue weighted by Gasteiger charge is -2.08. The van der Waals surface area contributed by atoms with Gasteiger partial charge in [0.25, 0.3) is 0 Å². The first kappa shape index (κ1) is 12.5. The zero-order valence-electron chi connectivity index (χ0n) is 9.21. The fraction of sp³-hybridized carbons (Fsp3) is 0.385.